The lowest BCUT2D eigenvalue weighted by atomic mass is 10.1. The maximum atomic E-state index is 11.9. The summed E-state index contributed by atoms with van der Waals surface area (Å²) in [5.74, 6) is 0.00749. The van der Waals surface area contributed by atoms with Crippen molar-refractivity contribution in [3.05, 3.63) is 51.5 Å². The molecule has 118 valence electrons. The molecule has 22 heavy (non-hydrogen) atoms. The van der Waals surface area contributed by atoms with Crippen molar-refractivity contribution < 1.29 is 4.79 Å². The number of nitrogens with zero attached hydrogens (tertiary/aromatic N) is 1. The minimum absolute atomic E-state index is 0.00749. The molecule has 0 spiro atoms. The van der Waals surface area contributed by atoms with Crippen LogP contribution in [-0.4, -0.2) is 17.4 Å². The van der Waals surface area contributed by atoms with Crippen LogP contribution >= 0.6 is 11.3 Å². The molecule has 2 aromatic rings. The molecule has 1 heterocycles. The van der Waals surface area contributed by atoms with Crippen LogP contribution in [0.2, 0.25) is 0 Å². The van der Waals surface area contributed by atoms with Crippen LogP contribution in [0.1, 0.15) is 45.6 Å². The Balaban J connectivity index is 1.77. The van der Waals surface area contributed by atoms with E-state index >= 15 is 0 Å². The molecule has 1 aromatic carbocycles. The van der Waals surface area contributed by atoms with Crippen molar-refractivity contribution in [2.24, 2.45) is 0 Å². The van der Waals surface area contributed by atoms with Crippen molar-refractivity contribution in [2.75, 3.05) is 6.54 Å². The SMILES string of the molecule is CCCCNC(=O)c1ccc(CNCc2cnc(C)s2)cc1. The molecule has 0 aliphatic rings. The van der Waals surface area contributed by atoms with E-state index in [1.54, 1.807) is 11.3 Å². The van der Waals surface area contributed by atoms with Crippen LogP contribution in [0, 0.1) is 6.92 Å². The van der Waals surface area contributed by atoms with Crippen LogP contribution in [0.25, 0.3) is 0 Å². The second kappa shape index (κ2) is 8.66. The predicted molar refractivity (Wildman–Crippen MR) is 91.1 cm³/mol. The van der Waals surface area contributed by atoms with Crippen molar-refractivity contribution in [3.63, 3.8) is 0 Å². The summed E-state index contributed by atoms with van der Waals surface area (Å²) in [7, 11) is 0. The van der Waals surface area contributed by atoms with Gasteiger partial charge in [0.15, 0.2) is 0 Å². The van der Waals surface area contributed by atoms with Crippen molar-refractivity contribution in [1.82, 2.24) is 15.6 Å². The van der Waals surface area contributed by atoms with Gasteiger partial charge in [-0.25, -0.2) is 4.98 Å². The van der Waals surface area contributed by atoms with Gasteiger partial charge in [0, 0.05) is 36.3 Å². The Morgan fingerprint density at radius 2 is 2.00 bits per heavy atom. The van der Waals surface area contributed by atoms with Gasteiger partial charge in [0.05, 0.1) is 5.01 Å². The van der Waals surface area contributed by atoms with Crippen LogP contribution in [0.4, 0.5) is 0 Å². The number of hydrogen-bond acceptors (Lipinski definition) is 4. The lowest BCUT2D eigenvalue weighted by Gasteiger charge is -2.06. The third-order valence-corrected chi connectivity index (χ3v) is 4.24. The van der Waals surface area contributed by atoms with Crippen LogP contribution in [0.3, 0.4) is 0 Å². The number of carbonyl (C=O) groups is 1. The number of unbranched alkanes of at least 4 members (excludes halogenated alkanes) is 1. The quantitative estimate of drug-likeness (QED) is 0.735. The summed E-state index contributed by atoms with van der Waals surface area (Å²) in [6.45, 7) is 6.48. The monoisotopic (exact) mass is 317 g/mol. The summed E-state index contributed by atoms with van der Waals surface area (Å²) in [6, 6.07) is 7.77. The summed E-state index contributed by atoms with van der Waals surface area (Å²) >= 11 is 1.71. The van der Waals surface area contributed by atoms with E-state index in [1.165, 1.54) is 10.4 Å². The number of thiazole rings is 1. The first-order valence-electron chi connectivity index (χ1n) is 7.68. The van der Waals surface area contributed by atoms with Gasteiger partial charge >= 0.3 is 0 Å². The van der Waals surface area contributed by atoms with Crippen LogP contribution in [-0.2, 0) is 13.1 Å². The van der Waals surface area contributed by atoms with Gasteiger partial charge in [-0.15, -0.1) is 11.3 Å². The van der Waals surface area contributed by atoms with Gasteiger partial charge in [-0.3, -0.25) is 4.79 Å². The average Bonchev–Trinajstić information content (AvgIpc) is 2.93. The lowest BCUT2D eigenvalue weighted by Crippen LogP contribution is -2.24. The predicted octanol–water partition coefficient (Wildman–Crippen LogP) is 3.27. The van der Waals surface area contributed by atoms with E-state index in [4.69, 9.17) is 0 Å². The fourth-order valence-electron chi connectivity index (χ4n) is 2.07. The number of carbonyl (C=O) groups excluding carboxylic acids is 1. The highest BCUT2D eigenvalue weighted by Gasteiger charge is 2.04. The Bertz CT molecular complexity index is 592. The van der Waals surface area contributed by atoms with Gasteiger partial charge in [0.1, 0.15) is 0 Å². The van der Waals surface area contributed by atoms with Crippen LogP contribution < -0.4 is 10.6 Å². The van der Waals surface area contributed by atoms with E-state index < -0.39 is 0 Å². The third kappa shape index (κ3) is 5.24. The van der Waals surface area contributed by atoms with Crippen molar-refractivity contribution in [3.8, 4) is 0 Å². The van der Waals surface area contributed by atoms with Gasteiger partial charge in [-0.2, -0.15) is 0 Å². The Morgan fingerprint density at radius 3 is 2.64 bits per heavy atom. The molecule has 0 saturated carbocycles. The van der Waals surface area contributed by atoms with Gasteiger partial charge < -0.3 is 10.6 Å². The van der Waals surface area contributed by atoms with Gasteiger partial charge in [-0.1, -0.05) is 25.5 Å². The number of aromatic nitrogens is 1. The highest BCUT2D eigenvalue weighted by atomic mass is 32.1. The second-order valence-electron chi connectivity index (χ2n) is 5.26. The van der Waals surface area contributed by atoms with E-state index in [1.807, 2.05) is 37.4 Å². The van der Waals surface area contributed by atoms with Gasteiger partial charge in [0.25, 0.3) is 5.91 Å². The maximum absolute atomic E-state index is 11.9. The molecule has 2 N–H and O–H groups in total. The first-order chi connectivity index (χ1) is 10.7. The lowest BCUT2D eigenvalue weighted by molar-refractivity contribution is 0.0953. The fourth-order valence-corrected chi connectivity index (χ4v) is 2.84. The molecular formula is C17H23N3OS. The molecule has 5 heteroatoms. The number of aryl methyl sites for hydroxylation is 1. The highest BCUT2D eigenvalue weighted by Crippen LogP contribution is 2.11. The van der Waals surface area contributed by atoms with E-state index in [0.717, 1.165) is 43.0 Å². The Hall–Kier alpha value is -1.72. The molecule has 0 radical (unpaired) electrons. The molecule has 0 unspecified atom stereocenters. The minimum atomic E-state index is 0.00749. The van der Waals surface area contributed by atoms with E-state index in [0.29, 0.717) is 0 Å². The topological polar surface area (TPSA) is 54.0 Å². The molecule has 0 fully saturated rings. The zero-order chi connectivity index (χ0) is 15.8. The Kier molecular flexibility index (Phi) is 6.55. The smallest absolute Gasteiger partial charge is 0.251 e. The van der Waals surface area contributed by atoms with Crippen LogP contribution in [0.15, 0.2) is 30.5 Å². The zero-order valence-electron chi connectivity index (χ0n) is 13.2. The summed E-state index contributed by atoms with van der Waals surface area (Å²) in [6.07, 6.45) is 4.02. The van der Waals surface area contributed by atoms with Crippen molar-refractivity contribution in [2.45, 2.75) is 39.8 Å². The summed E-state index contributed by atoms with van der Waals surface area (Å²) in [5, 5.41) is 7.41. The Morgan fingerprint density at radius 1 is 1.23 bits per heavy atom. The third-order valence-electron chi connectivity index (χ3n) is 3.33. The second-order valence-corrected chi connectivity index (χ2v) is 6.57. The largest absolute Gasteiger partial charge is 0.352 e. The molecule has 2 rings (SSSR count). The maximum Gasteiger partial charge on any atom is 0.251 e. The molecule has 4 nitrogen and oxygen atoms in total. The molecule has 0 atom stereocenters. The standard InChI is InChI=1S/C17H23N3OS/c1-3-4-9-19-17(21)15-7-5-14(6-8-15)10-18-11-16-12-20-13(2)22-16/h5-8,12,18H,3-4,9-11H2,1-2H3,(H,19,21). The normalized spacial score (nSPS) is 10.6. The van der Waals surface area contributed by atoms with E-state index in [9.17, 15) is 4.79 Å². The van der Waals surface area contributed by atoms with Gasteiger partial charge in [-0.05, 0) is 31.0 Å². The molecule has 1 amide bonds. The number of rotatable bonds is 8. The molecular weight excluding hydrogens is 294 g/mol. The highest BCUT2D eigenvalue weighted by molar-refractivity contribution is 7.11. The van der Waals surface area contributed by atoms with Gasteiger partial charge in [0.2, 0.25) is 0 Å². The first kappa shape index (κ1) is 16.6. The van der Waals surface area contributed by atoms with Crippen molar-refractivity contribution in [1.29, 1.82) is 0 Å². The molecule has 1 aromatic heterocycles. The Labute approximate surface area is 136 Å². The number of benzene rings is 1. The average molecular weight is 317 g/mol. The van der Waals surface area contributed by atoms with Crippen molar-refractivity contribution >= 4 is 17.2 Å². The fraction of sp³-hybridized carbons (Fsp3) is 0.412. The van der Waals surface area contributed by atoms with Crippen LogP contribution in [0.5, 0.6) is 0 Å². The molecule has 0 aliphatic heterocycles. The number of hydrogen-bond donors (Lipinski definition) is 2. The molecule has 0 aliphatic carbocycles. The van der Waals surface area contributed by atoms with E-state index in [-0.39, 0.29) is 5.91 Å². The first-order valence-corrected chi connectivity index (χ1v) is 8.50. The minimum Gasteiger partial charge on any atom is -0.352 e. The summed E-state index contributed by atoms with van der Waals surface area (Å²) < 4.78 is 0. The number of amides is 1. The number of nitrogens with one attached hydrogen (secondary N) is 2. The zero-order valence-corrected chi connectivity index (χ0v) is 14.0. The molecule has 0 saturated heterocycles. The molecule has 0 bridgehead atoms. The summed E-state index contributed by atoms with van der Waals surface area (Å²) in [5.41, 5.74) is 1.89. The summed E-state index contributed by atoms with van der Waals surface area (Å²) in [4.78, 5) is 17.4. The van der Waals surface area contributed by atoms with E-state index in [2.05, 4.69) is 22.5 Å².